The van der Waals surface area contributed by atoms with Crippen LogP contribution in [-0.4, -0.2) is 32.0 Å². The second kappa shape index (κ2) is 8.76. The monoisotopic (exact) mass is 436 g/mol. The zero-order chi connectivity index (χ0) is 23.0. The molecule has 1 N–H and O–H groups in total. The Kier molecular flexibility index (Phi) is 6.19. The Morgan fingerprint density at radius 2 is 1.72 bits per heavy atom. The highest BCUT2D eigenvalue weighted by Gasteiger charge is 2.46. The Bertz CT molecular complexity index is 950. The summed E-state index contributed by atoms with van der Waals surface area (Å²) in [5.41, 5.74) is 4.18. The SMILES string of the molecule is CC1=C(C(=O)OC2CCCCC2)C(c2ccc(N(C)C)cc2)C2C(=O)CC(C)(C)C=C2N1. The van der Waals surface area contributed by atoms with E-state index in [1.54, 1.807) is 0 Å². The Hall–Kier alpha value is -2.56. The van der Waals surface area contributed by atoms with Gasteiger partial charge in [-0.1, -0.05) is 38.5 Å². The first-order valence-corrected chi connectivity index (χ1v) is 11.9. The smallest absolute Gasteiger partial charge is 0.336 e. The standard InChI is InChI=1S/C27H36N2O3/c1-17-23(26(31)32-20-9-7-6-8-10-20)24(18-11-13-19(14-12-18)29(4)5)25-21(28-17)15-27(2,3)16-22(25)30/h11-15,20,24-25,28H,6-10,16H2,1-5H3. The number of hydrogen-bond acceptors (Lipinski definition) is 5. The van der Waals surface area contributed by atoms with Gasteiger partial charge in [0, 0.05) is 43.5 Å². The molecule has 0 spiro atoms. The number of nitrogens with zero attached hydrogens (tertiary/aromatic N) is 1. The van der Waals surface area contributed by atoms with Crippen LogP contribution in [-0.2, 0) is 14.3 Å². The molecule has 1 saturated carbocycles. The maximum Gasteiger partial charge on any atom is 0.336 e. The fraction of sp³-hybridized carbons (Fsp3) is 0.556. The third-order valence-corrected chi connectivity index (χ3v) is 7.05. The fourth-order valence-corrected chi connectivity index (χ4v) is 5.47. The number of ketones is 1. The van der Waals surface area contributed by atoms with Gasteiger partial charge in [0.1, 0.15) is 11.9 Å². The van der Waals surface area contributed by atoms with Crippen molar-refractivity contribution in [1.82, 2.24) is 5.32 Å². The molecule has 1 heterocycles. The minimum Gasteiger partial charge on any atom is -0.459 e. The molecule has 1 aromatic rings. The number of fused-ring (bicyclic) bond motifs is 1. The van der Waals surface area contributed by atoms with E-state index in [0.717, 1.165) is 48.3 Å². The van der Waals surface area contributed by atoms with Crippen LogP contribution in [0.3, 0.4) is 0 Å². The lowest BCUT2D eigenvalue weighted by molar-refractivity contribution is -0.146. The molecular weight excluding hydrogens is 400 g/mol. The summed E-state index contributed by atoms with van der Waals surface area (Å²) in [6.45, 7) is 6.10. The summed E-state index contributed by atoms with van der Waals surface area (Å²) in [6, 6.07) is 8.21. The fourth-order valence-electron chi connectivity index (χ4n) is 5.47. The highest BCUT2D eigenvalue weighted by molar-refractivity contribution is 5.96. The van der Waals surface area contributed by atoms with Crippen molar-refractivity contribution in [3.63, 3.8) is 0 Å². The Balaban J connectivity index is 1.76. The number of benzene rings is 1. The van der Waals surface area contributed by atoms with Crippen molar-refractivity contribution in [2.75, 3.05) is 19.0 Å². The third-order valence-electron chi connectivity index (χ3n) is 7.05. The van der Waals surface area contributed by atoms with E-state index in [1.165, 1.54) is 6.42 Å². The van der Waals surface area contributed by atoms with Gasteiger partial charge in [-0.3, -0.25) is 4.79 Å². The first-order chi connectivity index (χ1) is 15.2. The molecule has 1 aromatic carbocycles. The highest BCUT2D eigenvalue weighted by Crippen LogP contribution is 2.47. The Morgan fingerprint density at radius 1 is 1.06 bits per heavy atom. The zero-order valence-corrected chi connectivity index (χ0v) is 20.0. The van der Waals surface area contributed by atoms with Gasteiger partial charge in [-0.05, 0) is 55.7 Å². The topological polar surface area (TPSA) is 58.6 Å². The van der Waals surface area contributed by atoms with Crippen LogP contribution in [0, 0.1) is 11.3 Å². The number of Topliss-reactive ketones (excluding diaryl/α,β-unsaturated/α-hetero) is 1. The summed E-state index contributed by atoms with van der Waals surface area (Å²) >= 11 is 0. The van der Waals surface area contributed by atoms with Gasteiger partial charge in [-0.2, -0.15) is 0 Å². The molecule has 1 aliphatic heterocycles. The van der Waals surface area contributed by atoms with Gasteiger partial charge in [0.05, 0.1) is 11.5 Å². The molecule has 2 atom stereocenters. The number of nitrogens with one attached hydrogen (secondary N) is 1. The molecule has 2 unspecified atom stereocenters. The summed E-state index contributed by atoms with van der Waals surface area (Å²) in [4.78, 5) is 28.9. The molecule has 0 aromatic heterocycles. The summed E-state index contributed by atoms with van der Waals surface area (Å²) < 4.78 is 6.00. The zero-order valence-electron chi connectivity index (χ0n) is 20.0. The predicted octanol–water partition coefficient (Wildman–Crippen LogP) is 5.09. The second-order valence-corrected chi connectivity index (χ2v) is 10.5. The van der Waals surface area contributed by atoms with E-state index in [1.807, 2.05) is 25.9 Å². The van der Waals surface area contributed by atoms with Crippen LogP contribution in [0.15, 0.2) is 47.3 Å². The predicted molar refractivity (Wildman–Crippen MR) is 127 cm³/mol. The molecule has 32 heavy (non-hydrogen) atoms. The molecule has 0 radical (unpaired) electrons. The van der Waals surface area contributed by atoms with Crippen LogP contribution in [0.5, 0.6) is 0 Å². The van der Waals surface area contributed by atoms with Crippen LogP contribution >= 0.6 is 0 Å². The molecule has 0 bridgehead atoms. The molecule has 2 aliphatic carbocycles. The van der Waals surface area contributed by atoms with Crippen molar-refractivity contribution in [3.8, 4) is 0 Å². The normalized spacial score (nSPS) is 25.5. The number of carbonyl (C=O) groups is 2. The Morgan fingerprint density at radius 3 is 2.34 bits per heavy atom. The molecule has 5 nitrogen and oxygen atoms in total. The van der Waals surface area contributed by atoms with Crippen LogP contribution in [0.2, 0.25) is 0 Å². The lowest BCUT2D eigenvalue weighted by Crippen LogP contribution is -2.44. The van der Waals surface area contributed by atoms with Gasteiger partial charge < -0.3 is 15.0 Å². The number of hydrogen-bond donors (Lipinski definition) is 1. The van der Waals surface area contributed by atoms with E-state index in [4.69, 9.17) is 4.74 Å². The number of carbonyl (C=O) groups excluding carboxylic acids is 2. The molecular formula is C27H36N2O3. The molecule has 5 heteroatoms. The minimum absolute atomic E-state index is 0.0220. The van der Waals surface area contributed by atoms with E-state index in [2.05, 4.69) is 49.5 Å². The van der Waals surface area contributed by atoms with Crippen molar-refractivity contribution >= 4 is 17.4 Å². The first kappa shape index (κ1) is 22.6. The molecule has 4 rings (SSSR count). The lowest BCUT2D eigenvalue weighted by Gasteiger charge is -2.41. The first-order valence-electron chi connectivity index (χ1n) is 11.9. The van der Waals surface area contributed by atoms with E-state index in [0.29, 0.717) is 12.0 Å². The van der Waals surface area contributed by atoms with Gasteiger partial charge >= 0.3 is 5.97 Å². The van der Waals surface area contributed by atoms with Crippen molar-refractivity contribution in [2.45, 2.75) is 71.3 Å². The summed E-state index contributed by atoms with van der Waals surface area (Å²) in [7, 11) is 4.01. The van der Waals surface area contributed by atoms with Crippen molar-refractivity contribution < 1.29 is 14.3 Å². The summed E-state index contributed by atoms with van der Waals surface area (Å²) in [5.74, 6) is -0.818. The average molecular weight is 437 g/mol. The van der Waals surface area contributed by atoms with Gasteiger partial charge in [0.15, 0.2) is 0 Å². The van der Waals surface area contributed by atoms with Gasteiger partial charge in [-0.15, -0.1) is 0 Å². The quantitative estimate of drug-likeness (QED) is 0.667. The number of esters is 1. The average Bonchev–Trinajstić information content (AvgIpc) is 2.72. The van der Waals surface area contributed by atoms with E-state index < -0.39 is 0 Å². The van der Waals surface area contributed by atoms with E-state index in [9.17, 15) is 9.59 Å². The van der Waals surface area contributed by atoms with Crippen LogP contribution in [0.25, 0.3) is 0 Å². The van der Waals surface area contributed by atoms with E-state index in [-0.39, 0.29) is 35.1 Å². The summed E-state index contributed by atoms with van der Waals surface area (Å²) in [6.07, 6.45) is 7.89. The van der Waals surface area contributed by atoms with Crippen LogP contribution < -0.4 is 10.2 Å². The van der Waals surface area contributed by atoms with Gasteiger partial charge in [-0.25, -0.2) is 4.79 Å². The number of ether oxygens (including phenoxy) is 1. The molecule has 1 fully saturated rings. The molecule has 0 saturated heterocycles. The highest BCUT2D eigenvalue weighted by atomic mass is 16.5. The molecule has 172 valence electrons. The number of allylic oxidation sites excluding steroid dienone is 3. The molecule has 3 aliphatic rings. The van der Waals surface area contributed by atoms with Gasteiger partial charge in [0.2, 0.25) is 0 Å². The number of anilines is 1. The summed E-state index contributed by atoms with van der Waals surface area (Å²) in [5, 5.41) is 3.41. The Labute approximate surface area is 191 Å². The van der Waals surface area contributed by atoms with Crippen LogP contribution in [0.4, 0.5) is 5.69 Å². The maximum atomic E-state index is 13.5. The van der Waals surface area contributed by atoms with Gasteiger partial charge in [0.25, 0.3) is 0 Å². The van der Waals surface area contributed by atoms with Crippen molar-refractivity contribution in [3.05, 3.63) is 52.9 Å². The second-order valence-electron chi connectivity index (χ2n) is 10.5. The largest absolute Gasteiger partial charge is 0.459 e. The minimum atomic E-state index is -0.383. The van der Waals surface area contributed by atoms with E-state index >= 15 is 0 Å². The number of rotatable bonds is 4. The lowest BCUT2D eigenvalue weighted by atomic mass is 9.66. The van der Waals surface area contributed by atoms with Crippen molar-refractivity contribution in [2.24, 2.45) is 11.3 Å². The molecule has 0 amide bonds. The third kappa shape index (κ3) is 4.48. The van der Waals surface area contributed by atoms with Crippen molar-refractivity contribution in [1.29, 1.82) is 0 Å². The van der Waals surface area contributed by atoms with Crippen LogP contribution in [0.1, 0.15) is 70.8 Å². The maximum absolute atomic E-state index is 13.5.